The van der Waals surface area contributed by atoms with Crippen molar-refractivity contribution in [3.05, 3.63) is 59.2 Å². The van der Waals surface area contributed by atoms with E-state index in [0.29, 0.717) is 23.3 Å². The number of nitrogens with zero attached hydrogens (tertiary/aromatic N) is 3. The molecule has 9 nitrogen and oxygen atoms in total. The van der Waals surface area contributed by atoms with Crippen molar-refractivity contribution in [2.45, 2.75) is 75.5 Å². The second-order valence-corrected chi connectivity index (χ2v) is 11.3. The van der Waals surface area contributed by atoms with Gasteiger partial charge in [-0.2, -0.15) is 26.3 Å². The number of nitrogens with two attached hydrogens (primary N) is 2. The van der Waals surface area contributed by atoms with Gasteiger partial charge in [0.1, 0.15) is 11.6 Å². The highest BCUT2D eigenvalue weighted by atomic mass is 32.2. The standard InChI is InChI=1S/C26H30F6N6O3S.C2H6/c1-23(2,3)41-22(40)38-13-14-12-17(42-5)10-11-18(14)19(38)20(39)35-16-8-6-15(7-9-16)24(25(27,28)29,26(30,31)32)21(33)36-37(4)34;1-2/h6-12,19H,13,34H2,1-5H3,(H2,33,36)(H,35,39);1-2H3. The summed E-state index contributed by atoms with van der Waals surface area (Å²) >= 11 is 1.46. The molecule has 1 atom stereocenters. The maximum atomic E-state index is 14.1. The molecule has 0 bridgehead atoms. The minimum atomic E-state index is -5.96. The number of benzene rings is 2. The summed E-state index contributed by atoms with van der Waals surface area (Å²) in [6.45, 7) is 9.01. The van der Waals surface area contributed by atoms with E-state index >= 15 is 0 Å². The van der Waals surface area contributed by atoms with Crippen molar-refractivity contribution in [3.63, 3.8) is 0 Å². The van der Waals surface area contributed by atoms with E-state index in [4.69, 9.17) is 16.3 Å². The first-order chi connectivity index (χ1) is 20.2. The Morgan fingerprint density at radius 2 is 1.57 bits per heavy atom. The number of carbonyl (C=O) groups is 2. The van der Waals surface area contributed by atoms with Crippen LogP contribution in [0.15, 0.2) is 52.5 Å². The molecule has 0 fully saturated rings. The van der Waals surface area contributed by atoms with Gasteiger partial charge in [-0.25, -0.2) is 15.8 Å². The number of alkyl halides is 6. The number of hydrogen-bond acceptors (Lipinski definition) is 7. The van der Waals surface area contributed by atoms with Gasteiger partial charge in [-0.05, 0) is 68.0 Å². The van der Waals surface area contributed by atoms with E-state index < -0.39 is 52.8 Å². The Labute approximate surface area is 255 Å². The van der Waals surface area contributed by atoms with Crippen molar-refractivity contribution in [1.82, 2.24) is 10.0 Å². The number of amidine groups is 1. The first kappa shape index (κ1) is 36.5. The second-order valence-electron chi connectivity index (χ2n) is 10.4. The molecule has 1 aliphatic rings. The Morgan fingerprint density at radius 1 is 1.02 bits per heavy atom. The van der Waals surface area contributed by atoms with Crippen LogP contribution in [-0.4, -0.2) is 59.1 Å². The summed E-state index contributed by atoms with van der Waals surface area (Å²) in [6.07, 6.45) is -10.8. The van der Waals surface area contributed by atoms with Crippen LogP contribution in [0.2, 0.25) is 0 Å². The number of carbonyl (C=O) groups excluding carboxylic acids is 2. The van der Waals surface area contributed by atoms with Crippen LogP contribution in [0.4, 0.5) is 36.8 Å². The number of thioether (sulfide) groups is 1. The molecule has 2 amide bonds. The zero-order valence-electron chi connectivity index (χ0n) is 25.2. The summed E-state index contributed by atoms with van der Waals surface area (Å²) in [6, 6.07) is 6.87. The number of amides is 2. The average molecular weight is 651 g/mol. The number of ether oxygens (including phenoxy) is 1. The lowest BCUT2D eigenvalue weighted by atomic mass is 9.77. The fourth-order valence-corrected chi connectivity index (χ4v) is 4.98. The highest BCUT2D eigenvalue weighted by Gasteiger charge is 2.74. The van der Waals surface area contributed by atoms with Crippen LogP contribution in [0.1, 0.15) is 57.4 Å². The zero-order chi connectivity index (χ0) is 33.8. The lowest BCUT2D eigenvalue weighted by molar-refractivity contribution is -0.278. The van der Waals surface area contributed by atoms with Crippen LogP contribution in [0.5, 0.6) is 0 Å². The lowest BCUT2D eigenvalue weighted by Gasteiger charge is -2.37. The number of hydrazone groups is 1. The molecule has 0 saturated carbocycles. The SMILES string of the molecule is CC.CSc1ccc2c(c1)CN(C(=O)OC(C)(C)C)C2C(=O)Nc1ccc(C(/C(N)=N/N(C)N)(C(F)(F)F)C(F)(F)F)cc1. The van der Waals surface area contributed by atoms with E-state index in [1.54, 1.807) is 32.9 Å². The van der Waals surface area contributed by atoms with Gasteiger partial charge in [-0.3, -0.25) is 9.69 Å². The quantitative estimate of drug-likeness (QED) is 0.0836. The molecular formula is C28H36F6N6O3S. The van der Waals surface area contributed by atoms with E-state index in [-0.39, 0.29) is 17.4 Å². The third-order valence-electron chi connectivity index (χ3n) is 6.26. The molecule has 0 saturated heterocycles. The van der Waals surface area contributed by atoms with E-state index in [1.807, 2.05) is 26.2 Å². The van der Waals surface area contributed by atoms with Crippen LogP contribution >= 0.6 is 11.8 Å². The van der Waals surface area contributed by atoms with Gasteiger partial charge in [-0.1, -0.05) is 32.0 Å². The fraction of sp³-hybridized carbons (Fsp3) is 0.464. The minimum absolute atomic E-state index is 0.0452. The van der Waals surface area contributed by atoms with Gasteiger partial charge >= 0.3 is 18.4 Å². The predicted octanol–water partition coefficient (Wildman–Crippen LogP) is 6.31. The molecule has 1 unspecified atom stereocenters. The number of hydrazine groups is 1. The van der Waals surface area contributed by atoms with Gasteiger partial charge in [-0.15, -0.1) is 16.9 Å². The number of nitrogens with one attached hydrogen (secondary N) is 1. The van der Waals surface area contributed by atoms with Gasteiger partial charge < -0.3 is 15.8 Å². The minimum Gasteiger partial charge on any atom is -0.444 e. The summed E-state index contributed by atoms with van der Waals surface area (Å²) in [5.41, 5.74) is -0.535. The van der Waals surface area contributed by atoms with Crippen molar-refractivity contribution in [2.24, 2.45) is 16.7 Å². The predicted molar refractivity (Wildman–Crippen MR) is 157 cm³/mol. The number of anilines is 1. The van der Waals surface area contributed by atoms with Gasteiger partial charge in [0, 0.05) is 17.6 Å². The molecule has 1 aliphatic heterocycles. The van der Waals surface area contributed by atoms with Crippen LogP contribution in [0, 0.1) is 0 Å². The molecule has 2 aromatic carbocycles. The summed E-state index contributed by atoms with van der Waals surface area (Å²) in [5.74, 6) is 2.56. The van der Waals surface area contributed by atoms with Crippen molar-refractivity contribution in [3.8, 4) is 0 Å². The van der Waals surface area contributed by atoms with Crippen LogP contribution in [0.3, 0.4) is 0 Å². The normalized spacial score (nSPS) is 15.6. The molecule has 244 valence electrons. The molecule has 2 aromatic rings. The second kappa shape index (κ2) is 13.5. The van der Waals surface area contributed by atoms with Crippen molar-refractivity contribution in [2.75, 3.05) is 18.6 Å². The molecule has 3 rings (SSSR count). The highest BCUT2D eigenvalue weighted by Crippen LogP contribution is 2.52. The molecule has 0 spiro atoms. The zero-order valence-corrected chi connectivity index (χ0v) is 26.0. The summed E-state index contributed by atoms with van der Waals surface area (Å²) in [5, 5.41) is 5.71. The topological polar surface area (TPSA) is 126 Å². The molecule has 0 aliphatic carbocycles. The van der Waals surface area contributed by atoms with Gasteiger partial charge in [0.05, 0.1) is 6.54 Å². The molecule has 0 aromatic heterocycles. The molecule has 1 heterocycles. The van der Waals surface area contributed by atoms with E-state index in [9.17, 15) is 35.9 Å². The molecule has 16 heteroatoms. The summed E-state index contributed by atoms with van der Waals surface area (Å²) in [7, 11) is 0.909. The highest BCUT2D eigenvalue weighted by molar-refractivity contribution is 7.98. The van der Waals surface area contributed by atoms with Crippen LogP contribution in [-0.2, 0) is 21.5 Å². The smallest absolute Gasteiger partial charge is 0.414 e. The molecule has 44 heavy (non-hydrogen) atoms. The average Bonchev–Trinajstić information content (AvgIpc) is 3.27. The summed E-state index contributed by atoms with van der Waals surface area (Å²) in [4.78, 5) is 28.5. The lowest BCUT2D eigenvalue weighted by Crippen LogP contribution is -2.62. The maximum absolute atomic E-state index is 14.1. The summed E-state index contributed by atoms with van der Waals surface area (Å²) < 4.78 is 90.3. The van der Waals surface area contributed by atoms with Crippen molar-refractivity contribution < 1.29 is 40.7 Å². The number of halogens is 6. The van der Waals surface area contributed by atoms with Crippen molar-refractivity contribution in [1.29, 1.82) is 0 Å². The Morgan fingerprint density at radius 3 is 2.02 bits per heavy atom. The Kier molecular flexibility index (Phi) is 11.2. The first-order valence-electron chi connectivity index (χ1n) is 13.3. The van der Waals surface area contributed by atoms with E-state index in [2.05, 4.69) is 10.4 Å². The van der Waals surface area contributed by atoms with Crippen molar-refractivity contribution >= 4 is 35.3 Å². The number of fused-ring (bicyclic) bond motifs is 1. The number of hydrogen-bond donors (Lipinski definition) is 3. The molecule has 0 radical (unpaired) electrons. The van der Waals surface area contributed by atoms with Crippen LogP contribution < -0.4 is 16.9 Å². The molecule has 5 N–H and O–H groups in total. The third kappa shape index (κ3) is 7.52. The largest absolute Gasteiger partial charge is 0.444 e. The van der Waals surface area contributed by atoms with Gasteiger partial charge in [0.25, 0.3) is 5.91 Å². The number of rotatable bonds is 6. The fourth-order valence-electron chi connectivity index (χ4n) is 4.51. The maximum Gasteiger partial charge on any atom is 0.414 e. The first-order valence-corrected chi connectivity index (χ1v) is 14.5. The Bertz CT molecular complexity index is 1340. The Hall–Kier alpha value is -3.66. The Balaban J connectivity index is 0.00000330. The third-order valence-corrected chi connectivity index (χ3v) is 6.98. The molecular weight excluding hydrogens is 614 g/mol. The monoisotopic (exact) mass is 650 g/mol. The van der Waals surface area contributed by atoms with Crippen LogP contribution in [0.25, 0.3) is 0 Å². The van der Waals surface area contributed by atoms with E-state index in [0.717, 1.165) is 24.1 Å². The van der Waals surface area contributed by atoms with Gasteiger partial charge in [0.2, 0.25) is 5.41 Å². The van der Waals surface area contributed by atoms with E-state index in [1.165, 1.54) is 16.7 Å². The van der Waals surface area contributed by atoms with Gasteiger partial charge in [0.15, 0.2) is 5.84 Å².